The molecule has 1 aromatic heterocycles. The zero-order chi connectivity index (χ0) is 15.0. The Kier molecular flexibility index (Phi) is 3.64. The number of thiophene rings is 1. The lowest BCUT2D eigenvalue weighted by Crippen LogP contribution is -2.06. The average molecular weight is 294 g/mol. The van der Waals surface area contributed by atoms with Crippen LogP contribution >= 0.6 is 11.3 Å². The highest BCUT2D eigenvalue weighted by molar-refractivity contribution is 7.17. The molecule has 0 aliphatic carbocycles. The van der Waals surface area contributed by atoms with Gasteiger partial charge in [-0.05, 0) is 43.5 Å². The van der Waals surface area contributed by atoms with E-state index in [2.05, 4.69) is 39.0 Å². The molecule has 3 aromatic rings. The number of fused-ring (bicyclic) bond motifs is 1. The van der Waals surface area contributed by atoms with Crippen molar-refractivity contribution in [3.05, 3.63) is 69.6 Å². The van der Waals surface area contributed by atoms with Gasteiger partial charge in [-0.3, -0.25) is 4.79 Å². The molecule has 0 saturated carbocycles. The van der Waals surface area contributed by atoms with Crippen LogP contribution in [0.15, 0.2) is 41.8 Å². The standard InChI is InChI=1S/C19H18OS/c1-12-8-13(2)16(14(3)9-12)10-18(20)17-11-21-19-7-5-4-6-15(17)19/h4-9,11H,10H2,1-3H3. The molecule has 21 heavy (non-hydrogen) atoms. The maximum absolute atomic E-state index is 12.7. The summed E-state index contributed by atoms with van der Waals surface area (Å²) in [5, 5.41) is 3.07. The van der Waals surface area contributed by atoms with E-state index in [-0.39, 0.29) is 5.78 Å². The second-order valence-corrected chi connectivity index (χ2v) is 6.53. The molecular weight excluding hydrogens is 276 g/mol. The summed E-state index contributed by atoms with van der Waals surface area (Å²) in [4.78, 5) is 12.7. The summed E-state index contributed by atoms with van der Waals surface area (Å²) in [5.41, 5.74) is 5.69. The third-order valence-corrected chi connectivity index (χ3v) is 4.92. The average Bonchev–Trinajstić information content (AvgIpc) is 2.86. The minimum atomic E-state index is 0.211. The lowest BCUT2D eigenvalue weighted by Gasteiger charge is -2.10. The number of hydrogen-bond acceptors (Lipinski definition) is 2. The van der Waals surface area contributed by atoms with E-state index >= 15 is 0 Å². The molecule has 106 valence electrons. The van der Waals surface area contributed by atoms with E-state index in [1.807, 2.05) is 23.6 Å². The number of carbonyl (C=O) groups excluding carboxylic acids is 1. The monoisotopic (exact) mass is 294 g/mol. The summed E-state index contributed by atoms with van der Waals surface area (Å²) >= 11 is 1.64. The number of aryl methyl sites for hydroxylation is 3. The molecule has 1 heterocycles. The molecule has 1 nitrogen and oxygen atoms in total. The minimum Gasteiger partial charge on any atom is -0.294 e. The third kappa shape index (κ3) is 2.64. The zero-order valence-electron chi connectivity index (χ0n) is 12.6. The lowest BCUT2D eigenvalue weighted by atomic mass is 9.94. The fourth-order valence-corrected chi connectivity index (χ4v) is 3.90. The number of ketones is 1. The molecule has 3 rings (SSSR count). The summed E-state index contributed by atoms with van der Waals surface area (Å²) in [6.07, 6.45) is 0.485. The van der Waals surface area contributed by atoms with Crippen LogP contribution < -0.4 is 0 Å². The first kappa shape index (κ1) is 14.0. The smallest absolute Gasteiger partial charge is 0.168 e. The molecule has 0 N–H and O–H groups in total. The van der Waals surface area contributed by atoms with Gasteiger partial charge in [0.05, 0.1) is 0 Å². The Morgan fingerprint density at radius 1 is 1.05 bits per heavy atom. The fourth-order valence-electron chi connectivity index (χ4n) is 2.94. The fraction of sp³-hybridized carbons (Fsp3) is 0.211. The van der Waals surface area contributed by atoms with Gasteiger partial charge in [0.1, 0.15) is 0 Å². The van der Waals surface area contributed by atoms with Crippen LogP contribution in [-0.4, -0.2) is 5.78 Å². The maximum atomic E-state index is 12.7. The van der Waals surface area contributed by atoms with E-state index in [9.17, 15) is 4.79 Å². The quantitative estimate of drug-likeness (QED) is 0.603. The molecule has 2 aromatic carbocycles. The first-order valence-electron chi connectivity index (χ1n) is 7.12. The van der Waals surface area contributed by atoms with Crippen molar-refractivity contribution in [2.75, 3.05) is 0 Å². The van der Waals surface area contributed by atoms with Gasteiger partial charge in [-0.15, -0.1) is 11.3 Å². The largest absolute Gasteiger partial charge is 0.294 e. The molecule has 2 heteroatoms. The Balaban J connectivity index is 1.97. The van der Waals surface area contributed by atoms with Crippen LogP contribution in [0.1, 0.15) is 32.6 Å². The molecule has 0 fully saturated rings. The van der Waals surface area contributed by atoms with Crippen molar-refractivity contribution in [3.8, 4) is 0 Å². The van der Waals surface area contributed by atoms with Gasteiger partial charge in [0, 0.05) is 27.5 Å². The molecule has 0 aliphatic rings. The normalized spacial score (nSPS) is 11.0. The van der Waals surface area contributed by atoms with E-state index in [0.717, 1.165) is 10.9 Å². The van der Waals surface area contributed by atoms with Gasteiger partial charge in [-0.2, -0.15) is 0 Å². The Bertz CT molecular complexity index is 803. The van der Waals surface area contributed by atoms with Gasteiger partial charge in [0.15, 0.2) is 5.78 Å². The number of benzene rings is 2. The summed E-state index contributed by atoms with van der Waals surface area (Å²) in [7, 11) is 0. The van der Waals surface area contributed by atoms with Crippen molar-refractivity contribution in [3.63, 3.8) is 0 Å². The SMILES string of the molecule is Cc1cc(C)c(CC(=O)c2csc3ccccc23)c(C)c1. The van der Waals surface area contributed by atoms with Gasteiger partial charge in [0.2, 0.25) is 0 Å². The highest BCUT2D eigenvalue weighted by Gasteiger charge is 2.15. The summed E-state index contributed by atoms with van der Waals surface area (Å²) in [5.74, 6) is 0.211. The topological polar surface area (TPSA) is 17.1 Å². The molecule has 0 radical (unpaired) electrons. The van der Waals surface area contributed by atoms with E-state index in [1.165, 1.54) is 27.0 Å². The molecule has 0 spiro atoms. The Morgan fingerprint density at radius 2 is 1.71 bits per heavy atom. The number of carbonyl (C=O) groups is 1. The van der Waals surface area contributed by atoms with Crippen molar-refractivity contribution in [2.45, 2.75) is 27.2 Å². The first-order valence-corrected chi connectivity index (χ1v) is 8.00. The van der Waals surface area contributed by atoms with Crippen LogP contribution in [0.5, 0.6) is 0 Å². The van der Waals surface area contributed by atoms with E-state index in [4.69, 9.17) is 0 Å². The predicted molar refractivity (Wildman–Crippen MR) is 90.5 cm³/mol. The summed E-state index contributed by atoms with van der Waals surface area (Å²) < 4.78 is 1.18. The van der Waals surface area contributed by atoms with Crippen molar-refractivity contribution in [1.29, 1.82) is 0 Å². The molecular formula is C19H18OS. The molecule has 0 aliphatic heterocycles. The van der Waals surface area contributed by atoms with Crippen molar-refractivity contribution < 1.29 is 4.79 Å². The van der Waals surface area contributed by atoms with Gasteiger partial charge in [-0.25, -0.2) is 0 Å². The number of Topliss-reactive ketones (excluding diaryl/α,β-unsaturated/α-hetero) is 1. The molecule has 0 bridgehead atoms. The highest BCUT2D eigenvalue weighted by Crippen LogP contribution is 2.27. The zero-order valence-corrected chi connectivity index (χ0v) is 13.4. The third-order valence-electron chi connectivity index (χ3n) is 3.96. The van der Waals surface area contributed by atoms with Gasteiger partial charge in [-0.1, -0.05) is 35.9 Å². The molecule has 0 amide bonds. The van der Waals surface area contributed by atoms with Crippen molar-refractivity contribution >= 4 is 27.2 Å². The van der Waals surface area contributed by atoms with E-state index < -0.39 is 0 Å². The predicted octanol–water partition coefficient (Wildman–Crippen LogP) is 5.25. The molecule has 0 saturated heterocycles. The van der Waals surface area contributed by atoms with Crippen LogP contribution in [0.3, 0.4) is 0 Å². The van der Waals surface area contributed by atoms with Crippen LogP contribution in [-0.2, 0) is 6.42 Å². The van der Waals surface area contributed by atoms with Crippen molar-refractivity contribution in [1.82, 2.24) is 0 Å². The first-order chi connectivity index (χ1) is 10.1. The summed E-state index contributed by atoms with van der Waals surface area (Å²) in [6, 6.07) is 12.4. The van der Waals surface area contributed by atoms with Gasteiger partial charge < -0.3 is 0 Å². The minimum absolute atomic E-state index is 0.211. The van der Waals surface area contributed by atoms with E-state index in [0.29, 0.717) is 6.42 Å². The van der Waals surface area contributed by atoms with Crippen LogP contribution in [0.25, 0.3) is 10.1 Å². The van der Waals surface area contributed by atoms with E-state index in [1.54, 1.807) is 11.3 Å². The van der Waals surface area contributed by atoms with Crippen LogP contribution in [0, 0.1) is 20.8 Å². The second kappa shape index (κ2) is 5.45. The maximum Gasteiger partial charge on any atom is 0.168 e. The Hall–Kier alpha value is -1.93. The number of rotatable bonds is 3. The Labute approximate surface area is 129 Å². The molecule has 0 unspecified atom stereocenters. The van der Waals surface area contributed by atoms with Gasteiger partial charge >= 0.3 is 0 Å². The van der Waals surface area contributed by atoms with Gasteiger partial charge in [0.25, 0.3) is 0 Å². The summed E-state index contributed by atoms with van der Waals surface area (Å²) in [6.45, 7) is 6.28. The van der Waals surface area contributed by atoms with Crippen LogP contribution in [0.4, 0.5) is 0 Å². The lowest BCUT2D eigenvalue weighted by molar-refractivity contribution is 0.0994. The highest BCUT2D eigenvalue weighted by atomic mass is 32.1. The second-order valence-electron chi connectivity index (χ2n) is 5.62. The van der Waals surface area contributed by atoms with Crippen molar-refractivity contribution in [2.24, 2.45) is 0 Å². The molecule has 0 atom stereocenters. The van der Waals surface area contributed by atoms with Crippen LogP contribution in [0.2, 0.25) is 0 Å². The number of hydrogen-bond donors (Lipinski definition) is 0. The Morgan fingerprint density at radius 3 is 2.43 bits per heavy atom.